The average molecular weight is 499 g/mol. The van der Waals surface area contributed by atoms with Crippen LogP contribution in [0.25, 0.3) is 0 Å². The normalized spacial score (nSPS) is 25.0. The van der Waals surface area contributed by atoms with Gasteiger partial charge in [0.25, 0.3) is 0 Å². The van der Waals surface area contributed by atoms with Crippen molar-refractivity contribution in [2.75, 3.05) is 0 Å². The average Bonchev–Trinajstić information content (AvgIpc) is 2.88. The zero-order valence-corrected chi connectivity index (χ0v) is 21.7. The minimum atomic E-state index is -3.35. The molecule has 0 atom stereocenters. The van der Waals surface area contributed by atoms with Crippen LogP contribution in [-0.2, 0) is 17.8 Å². The van der Waals surface area contributed by atoms with Crippen molar-refractivity contribution >= 4 is 0 Å². The van der Waals surface area contributed by atoms with E-state index in [-0.39, 0.29) is 5.56 Å². The van der Waals surface area contributed by atoms with Gasteiger partial charge >= 0.3 is 6.11 Å². The lowest BCUT2D eigenvalue weighted by molar-refractivity contribution is -0.244. The molecule has 0 saturated heterocycles. The fourth-order valence-electron chi connectivity index (χ4n) is 6.05. The van der Waals surface area contributed by atoms with Crippen LogP contribution in [-0.4, -0.2) is 6.11 Å². The lowest BCUT2D eigenvalue weighted by Crippen LogP contribution is -2.24. The smallest absolute Gasteiger partial charge is 0.315 e. The molecule has 0 radical (unpaired) electrons. The SMILES string of the molecule is C=CCCC1CCC(c2ccc(COC(F)(F)Cc3ccc(C4CCC(C)CC4)cc3)c(F)c2)CC1. The van der Waals surface area contributed by atoms with Crippen LogP contribution in [0.3, 0.4) is 0 Å². The third kappa shape index (κ3) is 7.47. The van der Waals surface area contributed by atoms with Crippen molar-refractivity contribution in [3.05, 3.63) is 83.2 Å². The monoisotopic (exact) mass is 498 g/mol. The predicted octanol–water partition coefficient (Wildman–Crippen LogP) is 9.71. The van der Waals surface area contributed by atoms with Gasteiger partial charge in [-0.3, -0.25) is 0 Å². The molecule has 0 N–H and O–H groups in total. The van der Waals surface area contributed by atoms with E-state index in [0.29, 0.717) is 17.4 Å². The van der Waals surface area contributed by atoms with Crippen LogP contribution in [0.1, 0.15) is 105 Å². The maximum absolute atomic E-state index is 14.8. The van der Waals surface area contributed by atoms with Gasteiger partial charge in [0.05, 0.1) is 13.0 Å². The number of rotatable bonds is 10. The van der Waals surface area contributed by atoms with Gasteiger partial charge in [0.1, 0.15) is 5.82 Å². The first-order chi connectivity index (χ1) is 17.3. The third-order valence-corrected chi connectivity index (χ3v) is 8.49. The van der Waals surface area contributed by atoms with Gasteiger partial charge in [0.2, 0.25) is 0 Å². The summed E-state index contributed by atoms with van der Waals surface area (Å²) in [6, 6.07) is 12.6. The van der Waals surface area contributed by atoms with E-state index in [0.717, 1.165) is 49.5 Å². The molecular weight excluding hydrogens is 457 g/mol. The highest BCUT2D eigenvalue weighted by Gasteiger charge is 2.31. The summed E-state index contributed by atoms with van der Waals surface area (Å²) in [6.07, 6.45) is 9.54. The summed E-state index contributed by atoms with van der Waals surface area (Å²) in [5, 5.41) is 0. The number of hydrogen-bond acceptors (Lipinski definition) is 1. The molecule has 2 aliphatic carbocycles. The maximum Gasteiger partial charge on any atom is 0.360 e. The molecule has 0 heterocycles. The van der Waals surface area contributed by atoms with E-state index >= 15 is 0 Å². The summed E-state index contributed by atoms with van der Waals surface area (Å²) < 4.78 is 48.8. The van der Waals surface area contributed by atoms with E-state index in [1.165, 1.54) is 43.7 Å². The van der Waals surface area contributed by atoms with Gasteiger partial charge in [-0.1, -0.05) is 62.2 Å². The van der Waals surface area contributed by atoms with E-state index < -0.39 is 25.0 Å². The molecule has 2 saturated carbocycles. The fraction of sp³-hybridized carbons (Fsp3) is 0.562. The number of hydrogen-bond donors (Lipinski definition) is 0. The largest absolute Gasteiger partial charge is 0.360 e. The van der Waals surface area contributed by atoms with Crippen molar-refractivity contribution in [1.29, 1.82) is 0 Å². The van der Waals surface area contributed by atoms with E-state index in [4.69, 9.17) is 4.74 Å². The molecule has 0 aromatic heterocycles. The Morgan fingerprint density at radius 3 is 2.14 bits per heavy atom. The Hall–Kier alpha value is -2.07. The number of halogens is 3. The second kappa shape index (κ2) is 12.4. The molecule has 4 rings (SSSR count). The lowest BCUT2D eigenvalue weighted by atomic mass is 9.77. The number of allylic oxidation sites excluding steroid dienone is 1. The van der Waals surface area contributed by atoms with Crippen LogP contribution in [0.2, 0.25) is 0 Å². The van der Waals surface area contributed by atoms with Gasteiger partial charge in [-0.25, -0.2) is 4.39 Å². The van der Waals surface area contributed by atoms with E-state index in [9.17, 15) is 13.2 Å². The summed E-state index contributed by atoms with van der Waals surface area (Å²) in [4.78, 5) is 0. The molecule has 0 spiro atoms. The molecule has 4 heteroatoms. The maximum atomic E-state index is 14.8. The van der Waals surface area contributed by atoms with Crippen LogP contribution < -0.4 is 0 Å². The van der Waals surface area contributed by atoms with Crippen molar-refractivity contribution in [3.63, 3.8) is 0 Å². The molecule has 2 aromatic rings. The van der Waals surface area contributed by atoms with Gasteiger partial charge in [0.15, 0.2) is 0 Å². The first kappa shape index (κ1) is 27.0. The summed E-state index contributed by atoms with van der Waals surface area (Å²) in [6.45, 7) is 5.65. The zero-order valence-electron chi connectivity index (χ0n) is 21.7. The van der Waals surface area contributed by atoms with Crippen molar-refractivity contribution in [2.45, 2.75) is 102 Å². The van der Waals surface area contributed by atoms with E-state index in [1.807, 2.05) is 24.3 Å². The Morgan fingerprint density at radius 2 is 1.50 bits per heavy atom. The first-order valence-electron chi connectivity index (χ1n) is 13.8. The Kier molecular flexibility index (Phi) is 9.33. The molecule has 1 nitrogen and oxygen atoms in total. The van der Waals surface area contributed by atoms with Crippen LogP contribution in [0.5, 0.6) is 0 Å². The zero-order chi connectivity index (χ0) is 25.5. The van der Waals surface area contributed by atoms with Crippen molar-refractivity contribution < 1.29 is 17.9 Å². The third-order valence-electron chi connectivity index (χ3n) is 8.49. The summed E-state index contributed by atoms with van der Waals surface area (Å²) >= 11 is 0. The Bertz CT molecular complexity index is 967. The summed E-state index contributed by atoms with van der Waals surface area (Å²) in [5.41, 5.74) is 2.92. The minimum absolute atomic E-state index is 0.181. The molecule has 0 amide bonds. The number of ether oxygens (including phenoxy) is 1. The van der Waals surface area contributed by atoms with Crippen molar-refractivity contribution in [2.24, 2.45) is 11.8 Å². The molecule has 2 aromatic carbocycles. The van der Waals surface area contributed by atoms with Gasteiger partial charge < -0.3 is 4.74 Å². The number of alkyl halides is 2. The Labute approximate surface area is 215 Å². The number of benzene rings is 2. The summed E-state index contributed by atoms with van der Waals surface area (Å²) in [5.74, 6) is 1.93. The quantitative estimate of drug-likeness (QED) is 0.296. The van der Waals surface area contributed by atoms with Crippen LogP contribution in [0, 0.1) is 17.7 Å². The Morgan fingerprint density at radius 1 is 0.889 bits per heavy atom. The molecule has 196 valence electrons. The van der Waals surface area contributed by atoms with Crippen LogP contribution in [0.4, 0.5) is 13.2 Å². The van der Waals surface area contributed by atoms with Crippen molar-refractivity contribution in [1.82, 2.24) is 0 Å². The molecule has 2 fully saturated rings. The second-order valence-corrected chi connectivity index (χ2v) is 11.2. The fourth-order valence-corrected chi connectivity index (χ4v) is 6.05. The molecule has 0 bridgehead atoms. The molecular formula is C32H41F3O. The van der Waals surface area contributed by atoms with E-state index in [1.54, 1.807) is 18.2 Å². The highest BCUT2D eigenvalue weighted by atomic mass is 19.3. The highest BCUT2D eigenvalue weighted by Crippen LogP contribution is 2.38. The Balaban J connectivity index is 1.27. The van der Waals surface area contributed by atoms with Gasteiger partial charge in [-0.2, -0.15) is 8.78 Å². The minimum Gasteiger partial charge on any atom is -0.315 e. The van der Waals surface area contributed by atoms with Crippen LogP contribution >= 0.6 is 0 Å². The van der Waals surface area contributed by atoms with Crippen molar-refractivity contribution in [3.8, 4) is 0 Å². The highest BCUT2D eigenvalue weighted by molar-refractivity contribution is 5.28. The van der Waals surface area contributed by atoms with Gasteiger partial charge in [-0.15, -0.1) is 6.58 Å². The standard InChI is InChI=1S/C32H41F3O/c1-3-4-5-24-8-14-28(15-9-24)29-18-19-30(31(33)20-29)22-36-32(34,35)21-25-10-16-27(17-11-25)26-12-6-23(2)7-13-26/h3,10-11,16-20,23-24,26,28H,1,4-9,12-15,21-22H2,2H3. The lowest BCUT2D eigenvalue weighted by Gasteiger charge is -2.29. The van der Waals surface area contributed by atoms with E-state index in [2.05, 4.69) is 13.5 Å². The summed E-state index contributed by atoms with van der Waals surface area (Å²) in [7, 11) is 0. The topological polar surface area (TPSA) is 9.23 Å². The molecule has 36 heavy (non-hydrogen) atoms. The van der Waals surface area contributed by atoms with Gasteiger partial charge in [-0.05, 0) is 97.8 Å². The van der Waals surface area contributed by atoms with Crippen LogP contribution in [0.15, 0.2) is 55.1 Å². The molecule has 0 aliphatic heterocycles. The second-order valence-electron chi connectivity index (χ2n) is 11.2. The molecule has 0 unspecified atom stereocenters. The van der Waals surface area contributed by atoms with Gasteiger partial charge in [0, 0.05) is 5.56 Å². The molecule has 2 aliphatic rings. The first-order valence-corrected chi connectivity index (χ1v) is 13.8. The predicted molar refractivity (Wildman–Crippen MR) is 141 cm³/mol.